The number of rotatable bonds is 4. The maximum absolute atomic E-state index is 12.9. The van der Waals surface area contributed by atoms with Crippen molar-refractivity contribution < 1.29 is 26.3 Å². The van der Waals surface area contributed by atoms with E-state index in [9.17, 15) is 35.9 Å². The number of nitrogens with zero attached hydrogens (tertiary/aromatic N) is 8. The van der Waals surface area contributed by atoms with Crippen LogP contribution >= 0.6 is 0 Å². The Kier molecular flexibility index (Phi) is 9.56. The molecule has 0 bridgehead atoms. The third kappa shape index (κ3) is 7.14. The summed E-state index contributed by atoms with van der Waals surface area (Å²) < 4.78 is 80.9. The Labute approximate surface area is 315 Å². The molecular weight excluding hydrogens is 742 g/mol. The molecule has 0 saturated carbocycles. The van der Waals surface area contributed by atoms with Crippen LogP contribution in [0.3, 0.4) is 0 Å². The van der Waals surface area contributed by atoms with Gasteiger partial charge in [0, 0.05) is 12.1 Å². The van der Waals surface area contributed by atoms with Gasteiger partial charge in [0.15, 0.2) is 0 Å². The van der Waals surface area contributed by atoms with Gasteiger partial charge in [0.1, 0.15) is 34.4 Å². The molecular formula is C38H36F6N10O2. The molecule has 0 radical (unpaired) electrons. The molecule has 2 aliphatic heterocycles. The molecule has 2 atom stereocenters. The molecule has 2 aliphatic rings. The third-order valence-corrected chi connectivity index (χ3v) is 10.5. The number of benzene rings is 2. The molecule has 8 rings (SSSR count). The quantitative estimate of drug-likeness (QED) is 0.183. The topological polar surface area (TPSA) is 153 Å². The van der Waals surface area contributed by atoms with E-state index in [0.29, 0.717) is 47.3 Å². The number of nitrogens with one attached hydrogen (secondary N) is 2. The smallest absolute Gasteiger partial charge is 0.311 e. The highest BCUT2D eigenvalue weighted by Crippen LogP contribution is 2.41. The van der Waals surface area contributed by atoms with E-state index in [1.165, 1.54) is 36.4 Å². The van der Waals surface area contributed by atoms with Crippen molar-refractivity contribution >= 4 is 0 Å². The summed E-state index contributed by atoms with van der Waals surface area (Å²) in [5, 5.41) is 17.1. The Morgan fingerprint density at radius 1 is 0.607 bits per heavy atom. The molecule has 6 aromatic rings. The van der Waals surface area contributed by atoms with E-state index in [-0.39, 0.29) is 11.1 Å². The standard InChI is InChI=1S/2C19H18F3N5O/c2*1-11-23-14(10-16(28)24-11)17-15-4-3-9-18(2,27(15)26-25-17)12-5-7-13(8-6-12)19(20,21)22/h2*5-8,10H,3-4,9H2,1-2H3,(H,23,24,28)/t2*18-/m10/s1. The minimum absolute atomic E-state index is 0.273. The zero-order chi connectivity index (χ0) is 40.2. The number of aromatic amines is 2. The Morgan fingerprint density at radius 2 is 0.964 bits per heavy atom. The number of aryl methyl sites for hydroxylation is 2. The first-order chi connectivity index (χ1) is 26.4. The monoisotopic (exact) mass is 778 g/mol. The molecule has 0 saturated heterocycles. The number of H-pyrrole nitrogens is 2. The maximum atomic E-state index is 12.9. The Bertz CT molecular complexity index is 2340. The summed E-state index contributed by atoms with van der Waals surface area (Å²) in [6, 6.07) is 13.1. The summed E-state index contributed by atoms with van der Waals surface area (Å²) in [6.07, 6.45) is -4.27. The van der Waals surface area contributed by atoms with Gasteiger partial charge in [0.2, 0.25) is 0 Å². The van der Waals surface area contributed by atoms with E-state index in [1.807, 2.05) is 13.8 Å². The molecule has 0 unspecified atom stereocenters. The van der Waals surface area contributed by atoms with E-state index in [0.717, 1.165) is 72.5 Å². The molecule has 0 spiro atoms. The second-order valence-electron chi connectivity index (χ2n) is 14.4. The number of fused-ring (bicyclic) bond motifs is 2. The second kappa shape index (κ2) is 14.0. The average Bonchev–Trinajstić information content (AvgIpc) is 3.78. The van der Waals surface area contributed by atoms with Crippen LogP contribution in [-0.4, -0.2) is 49.9 Å². The van der Waals surface area contributed by atoms with Crippen molar-refractivity contribution in [1.29, 1.82) is 0 Å². The highest BCUT2D eigenvalue weighted by Gasteiger charge is 2.40. The summed E-state index contributed by atoms with van der Waals surface area (Å²) in [6.45, 7) is 7.25. The molecule has 0 amide bonds. The zero-order valence-corrected chi connectivity index (χ0v) is 30.7. The lowest BCUT2D eigenvalue weighted by atomic mass is 9.83. The summed E-state index contributed by atoms with van der Waals surface area (Å²) in [5.74, 6) is 0.955. The van der Waals surface area contributed by atoms with Crippen molar-refractivity contribution in [2.45, 2.75) is 89.7 Å². The second-order valence-corrected chi connectivity index (χ2v) is 14.4. The fraction of sp³-hybridized carbons (Fsp3) is 0.368. The highest BCUT2D eigenvalue weighted by molar-refractivity contribution is 5.58. The van der Waals surface area contributed by atoms with Gasteiger partial charge in [-0.1, -0.05) is 34.7 Å². The largest absolute Gasteiger partial charge is 0.416 e. The van der Waals surface area contributed by atoms with E-state index in [1.54, 1.807) is 23.2 Å². The fourth-order valence-electron chi connectivity index (χ4n) is 7.63. The average molecular weight is 779 g/mol. The van der Waals surface area contributed by atoms with Crippen LogP contribution in [0, 0.1) is 13.8 Å². The van der Waals surface area contributed by atoms with Crippen molar-refractivity contribution in [1.82, 2.24) is 49.9 Å². The van der Waals surface area contributed by atoms with Gasteiger partial charge in [0.05, 0.1) is 33.6 Å². The van der Waals surface area contributed by atoms with Crippen molar-refractivity contribution in [3.63, 3.8) is 0 Å². The Morgan fingerprint density at radius 3 is 1.29 bits per heavy atom. The molecule has 56 heavy (non-hydrogen) atoms. The molecule has 2 aromatic carbocycles. The van der Waals surface area contributed by atoms with E-state index >= 15 is 0 Å². The van der Waals surface area contributed by atoms with Gasteiger partial charge in [-0.25, -0.2) is 19.3 Å². The summed E-state index contributed by atoms with van der Waals surface area (Å²) in [7, 11) is 0. The Hall–Kier alpha value is -5.94. The molecule has 292 valence electrons. The molecule has 6 heterocycles. The van der Waals surface area contributed by atoms with Crippen LogP contribution in [-0.2, 0) is 36.3 Å². The first-order valence-corrected chi connectivity index (χ1v) is 17.8. The Balaban J connectivity index is 0.000000172. The van der Waals surface area contributed by atoms with Gasteiger partial charge < -0.3 is 9.97 Å². The third-order valence-electron chi connectivity index (χ3n) is 10.5. The summed E-state index contributed by atoms with van der Waals surface area (Å²) in [5.41, 5.74) is 1.90. The molecule has 18 heteroatoms. The van der Waals surface area contributed by atoms with Crippen LogP contribution in [0.1, 0.15) is 84.8 Å². The summed E-state index contributed by atoms with van der Waals surface area (Å²) in [4.78, 5) is 37.5. The SMILES string of the molecule is Cc1nc(-c2nnn3c2CCC[C@@]3(C)c2ccc(C(F)(F)F)cc2)cc(=O)[nH]1.Cc1nc(-c2nnn3c2CCC[C@]3(C)c2ccc(C(F)(F)F)cc2)cc(=O)[nH]1. The molecule has 0 fully saturated rings. The van der Waals surface area contributed by atoms with Crippen LogP contribution in [0.4, 0.5) is 26.3 Å². The molecule has 12 nitrogen and oxygen atoms in total. The first kappa shape index (κ1) is 38.3. The predicted molar refractivity (Wildman–Crippen MR) is 191 cm³/mol. The minimum Gasteiger partial charge on any atom is -0.311 e. The maximum Gasteiger partial charge on any atom is 0.416 e. The number of hydrogen-bond acceptors (Lipinski definition) is 8. The molecule has 2 N–H and O–H groups in total. The van der Waals surface area contributed by atoms with E-state index in [2.05, 4.69) is 40.6 Å². The predicted octanol–water partition coefficient (Wildman–Crippen LogP) is 6.91. The number of alkyl halides is 6. The van der Waals surface area contributed by atoms with E-state index in [4.69, 9.17) is 0 Å². The number of aromatic nitrogens is 10. The molecule has 4 aromatic heterocycles. The lowest BCUT2D eigenvalue weighted by Gasteiger charge is -2.35. The normalized spacial score (nSPS) is 19.5. The van der Waals surface area contributed by atoms with Crippen molar-refractivity contribution in [2.24, 2.45) is 0 Å². The van der Waals surface area contributed by atoms with Crippen LogP contribution < -0.4 is 11.1 Å². The van der Waals surface area contributed by atoms with Crippen LogP contribution in [0.5, 0.6) is 0 Å². The molecule has 0 aliphatic carbocycles. The minimum atomic E-state index is -4.37. The van der Waals surface area contributed by atoms with Gasteiger partial charge in [-0.2, -0.15) is 26.3 Å². The van der Waals surface area contributed by atoms with Crippen LogP contribution in [0.25, 0.3) is 22.8 Å². The number of halogens is 6. The van der Waals surface area contributed by atoms with Gasteiger partial charge >= 0.3 is 12.4 Å². The van der Waals surface area contributed by atoms with Gasteiger partial charge in [-0.15, -0.1) is 10.2 Å². The van der Waals surface area contributed by atoms with Crippen LogP contribution in [0.15, 0.2) is 70.3 Å². The van der Waals surface area contributed by atoms with E-state index < -0.39 is 34.6 Å². The van der Waals surface area contributed by atoms with Gasteiger partial charge in [-0.05, 0) is 102 Å². The van der Waals surface area contributed by atoms with Gasteiger partial charge in [0.25, 0.3) is 11.1 Å². The van der Waals surface area contributed by atoms with Gasteiger partial charge in [-0.3, -0.25) is 9.59 Å². The highest BCUT2D eigenvalue weighted by atomic mass is 19.4. The fourth-order valence-corrected chi connectivity index (χ4v) is 7.63. The van der Waals surface area contributed by atoms with Crippen molar-refractivity contribution in [3.05, 3.63) is 127 Å². The lowest BCUT2D eigenvalue weighted by molar-refractivity contribution is -0.138. The van der Waals surface area contributed by atoms with Crippen LogP contribution in [0.2, 0.25) is 0 Å². The summed E-state index contributed by atoms with van der Waals surface area (Å²) >= 11 is 0. The van der Waals surface area contributed by atoms with Crippen molar-refractivity contribution in [3.8, 4) is 22.8 Å². The lowest BCUT2D eigenvalue weighted by Crippen LogP contribution is -2.37. The van der Waals surface area contributed by atoms with Crippen molar-refractivity contribution in [2.75, 3.05) is 0 Å². The number of hydrogen-bond donors (Lipinski definition) is 2. The zero-order valence-electron chi connectivity index (χ0n) is 30.7. The first-order valence-electron chi connectivity index (χ1n) is 17.8.